The molecule has 0 bridgehead atoms. The van der Waals surface area contributed by atoms with E-state index in [0.717, 1.165) is 12.2 Å². The number of carbonyl (C=O) groups excluding carboxylic acids is 1. The van der Waals surface area contributed by atoms with Crippen molar-refractivity contribution in [2.45, 2.75) is 32.9 Å². The molecular weight excluding hydrogens is 204 g/mol. The summed E-state index contributed by atoms with van der Waals surface area (Å²) in [6.45, 7) is 4.98. The molecule has 1 unspecified atom stereocenters. The number of aryl methyl sites for hydroxylation is 1. The molecule has 90 valence electrons. The van der Waals surface area contributed by atoms with E-state index in [-0.39, 0.29) is 11.9 Å². The molecule has 1 atom stereocenters. The monoisotopic (exact) mass is 224 g/mol. The van der Waals surface area contributed by atoms with E-state index in [1.165, 1.54) is 0 Å². The summed E-state index contributed by atoms with van der Waals surface area (Å²) in [6, 6.07) is 0.238. The predicted octanol–water partition coefficient (Wildman–Crippen LogP) is 0.424. The zero-order valence-electron chi connectivity index (χ0n) is 10.2. The fraction of sp³-hybridized carbons (Fsp3) is 0.636. The van der Waals surface area contributed by atoms with Crippen molar-refractivity contribution in [3.05, 3.63) is 18.2 Å². The third kappa shape index (κ3) is 4.02. The van der Waals surface area contributed by atoms with Crippen molar-refractivity contribution in [3.63, 3.8) is 0 Å². The highest BCUT2D eigenvalue weighted by atomic mass is 16.1. The topological polar surface area (TPSA) is 59.0 Å². The molecule has 1 rings (SSSR count). The van der Waals surface area contributed by atoms with Crippen LogP contribution in [0.4, 0.5) is 0 Å². The summed E-state index contributed by atoms with van der Waals surface area (Å²) >= 11 is 0. The number of rotatable bonds is 6. The second-order valence-corrected chi connectivity index (χ2v) is 3.93. The Bertz CT molecular complexity index is 334. The molecule has 0 radical (unpaired) electrons. The largest absolute Gasteiger partial charge is 0.353 e. The summed E-state index contributed by atoms with van der Waals surface area (Å²) in [5.41, 5.74) is 0. The van der Waals surface area contributed by atoms with Crippen LogP contribution in [0.15, 0.2) is 12.4 Å². The molecule has 5 heteroatoms. The Labute approximate surface area is 96.3 Å². The van der Waals surface area contributed by atoms with Gasteiger partial charge in [-0.15, -0.1) is 0 Å². The SMILES string of the molecule is CCC(C)NC(=O)CNCc1nccn1C. The number of hydrogen-bond donors (Lipinski definition) is 2. The van der Waals surface area contributed by atoms with Gasteiger partial charge in [0, 0.05) is 25.5 Å². The zero-order valence-corrected chi connectivity index (χ0v) is 10.2. The maximum absolute atomic E-state index is 11.4. The molecule has 1 heterocycles. The number of aromatic nitrogens is 2. The number of carbonyl (C=O) groups is 1. The lowest BCUT2D eigenvalue weighted by molar-refractivity contribution is -0.120. The fourth-order valence-corrected chi connectivity index (χ4v) is 1.28. The first-order valence-electron chi connectivity index (χ1n) is 5.59. The fourth-order valence-electron chi connectivity index (χ4n) is 1.28. The second-order valence-electron chi connectivity index (χ2n) is 3.93. The maximum Gasteiger partial charge on any atom is 0.234 e. The Morgan fingerprint density at radius 1 is 1.62 bits per heavy atom. The smallest absolute Gasteiger partial charge is 0.234 e. The molecule has 1 aromatic heterocycles. The van der Waals surface area contributed by atoms with E-state index in [0.29, 0.717) is 13.1 Å². The first-order chi connectivity index (χ1) is 7.63. The molecule has 1 amide bonds. The van der Waals surface area contributed by atoms with Crippen LogP contribution in [0.25, 0.3) is 0 Å². The Balaban J connectivity index is 2.21. The van der Waals surface area contributed by atoms with Gasteiger partial charge in [0.2, 0.25) is 5.91 Å². The Hall–Kier alpha value is -1.36. The zero-order chi connectivity index (χ0) is 12.0. The van der Waals surface area contributed by atoms with Crippen molar-refractivity contribution in [3.8, 4) is 0 Å². The summed E-state index contributed by atoms with van der Waals surface area (Å²) in [6.07, 6.45) is 4.58. The van der Waals surface area contributed by atoms with Crippen LogP contribution in [0.2, 0.25) is 0 Å². The molecule has 1 aromatic rings. The molecule has 0 aliphatic heterocycles. The minimum Gasteiger partial charge on any atom is -0.353 e. The highest BCUT2D eigenvalue weighted by Gasteiger charge is 2.05. The normalized spacial score (nSPS) is 12.4. The summed E-state index contributed by atoms with van der Waals surface area (Å²) in [7, 11) is 1.93. The van der Waals surface area contributed by atoms with Crippen molar-refractivity contribution < 1.29 is 4.79 Å². The van der Waals surface area contributed by atoms with Gasteiger partial charge in [0.05, 0.1) is 13.1 Å². The van der Waals surface area contributed by atoms with E-state index in [2.05, 4.69) is 15.6 Å². The van der Waals surface area contributed by atoms with Gasteiger partial charge < -0.3 is 15.2 Å². The average Bonchev–Trinajstić information content (AvgIpc) is 2.64. The summed E-state index contributed by atoms with van der Waals surface area (Å²) in [4.78, 5) is 15.6. The third-order valence-electron chi connectivity index (χ3n) is 2.51. The average molecular weight is 224 g/mol. The van der Waals surface area contributed by atoms with Gasteiger partial charge in [0.25, 0.3) is 0 Å². The Kier molecular flexibility index (Phi) is 4.98. The molecule has 16 heavy (non-hydrogen) atoms. The van der Waals surface area contributed by atoms with E-state index < -0.39 is 0 Å². The van der Waals surface area contributed by atoms with E-state index in [4.69, 9.17) is 0 Å². The van der Waals surface area contributed by atoms with Gasteiger partial charge in [-0.1, -0.05) is 6.92 Å². The minimum atomic E-state index is 0.0311. The molecular formula is C11H20N4O. The van der Waals surface area contributed by atoms with Crippen LogP contribution < -0.4 is 10.6 Å². The van der Waals surface area contributed by atoms with Crippen LogP contribution in [-0.4, -0.2) is 28.0 Å². The van der Waals surface area contributed by atoms with Gasteiger partial charge in [-0.3, -0.25) is 4.79 Å². The van der Waals surface area contributed by atoms with Crippen molar-refractivity contribution in [1.29, 1.82) is 0 Å². The van der Waals surface area contributed by atoms with Crippen molar-refractivity contribution in [1.82, 2.24) is 20.2 Å². The first-order valence-corrected chi connectivity index (χ1v) is 5.59. The summed E-state index contributed by atoms with van der Waals surface area (Å²) in [5, 5.41) is 5.96. The Morgan fingerprint density at radius 3 is 2.94 bits per heavy atom. The van der Waals surface area contributed by atoms with Gasteiger partial charge >= 0.3 is 0 Å². The van der Waals surface area contributed by atoms with E-state index in [1.54, 1.807) is 6.20 Å². The molecule has 5 nitrogen and oxygen atoms in total. The summed E-state index contributed by atoms with van der Waals surface area (Å²) in [5.74, 6) is 0.958. The third-order valence-corrected chi connectivity index (χ3v) is 2.51. The van der Waals surface area contributed by atoms with E-state index in [9.17, 15) is 4.79 Å². The molecule has 0 spiro atoms. The van der Waals surface area contributed by atoms with Crippen molar-refractivity contribution in [2.24, 2.45) is 7.05 Å². The van der Waals surface area contributed by atoms with Crippen LogP contribution in [0.3, 0.4) is 0 Å². The minimum absolute atomic E-state index is 0.0311. The molecule has 0 aliphatic rings. The molecule has 0 fully saturated rings. The quantitative estimate of drug-likeness (QED) is 0.736. The first kappa shape index (κ1) is 12.7. The van der Waals surface area contributed by atoms with Gasteiger partial charge in [-0.25, -0.2) is 4.98 Å². The number of imidazole rings is 1. The number of nitrogens with one attached hydrogen (secondary N) is 2. The second kappa shape index (κ2) is 6.27. The van der Waals surface area contributed by atoms with Crippen molar-refractivity contribution in [2.75, 3.05) is 6.54 Å². The number of nitrogens with zero attached hydrogens (tertiary/aromatic N) is 2. The number of amides is 1. The standard InChI is InChI=1S/C11H20N4O/c1-4-9(2)14-11(16)8-12-7-10-13-5-6-15(10)3/h5-6,9,12H,4,7-8H2,1-3H3,(H,14,16). The predicted molar refractivity (Wildman–Crippen MR) is 62.8 cm³/mol. The van der Waals surface area contributed by atoms with Crippen LogP contribution in [0.1, 0.15) is 26.1 Å². The van der Waals surface area contributed by atoms with E-state index in [1.807, 2.05) is 31.7 Å². The maximum atomic E-state index is 11.4. The van der Waals surface area contributed by atoms with Gasteiger partial charge in [-0.05, 0) is 13.3 Å². The Morgan fingerprint density at radius 2 is 2.38 bits per heavy atom. The lowest BCUT2D eigenvalue weighted by Crippen LogP contribution is -2.38. The molecule has 0 saturated heterocycles. The van der Waals surface area contributed by atoms with Crippen LogP contribution in [-0.2, 0) is 18.4 Å². The lowest BCUT2D eigenvalue weighted by atomic mass is 10.2. The van der Waals surface area contributed by atoms with Crippen LogP contribution in [0.5, 0.6) is 0 Å². The van der Waals surface area contributed by atoms with E-state index >= 15 is 0 Å². The van der Waals surface area contributed by atoms with Crippen molar-refractivity contribution >= 4 is 5.91 Å². The van der Waals surface area contributed by atoms with Gasteiger partial charge in [0.15, 0.2) is 0 Å². The molecule has 0 aromatic carbocycles. The highest BCUT2D eigenvalue weighted by Crippen LogP contribution is 1.92. The molecule has 0 saturated carbocycles. The van der Waals surface area contributed by atoms with Crippen LogP contribution >= 0.6 is 0 Å². The van der Waals surface area contributed by atoms with Gasteiger partial charge in [-0.2, -0.15) is 0 Å². The molecule has 0 aliphatic carbocycles. The lowest BCUT2D eigenvalue weighted by Gasteiger charge is -2.11. The highest BCUT2D eigenvalue weighted by molar-refractivity contribution is 5.78. The summed E-state index contributed by atoms with van der Waals surface area (Å²) < 4.78 is 1.93. The number of hydrogen-bond acceptors (Lipinski definition) is 3. The molecule has 2 N–H and O–H groups in total. The van der Waals surface area contributed by atoms with Crippen LogP contribution in [0, 0.1) is 0 Å². The van der Waals surface area contributed by atoms with Gasteiger partial charge in [0.1, 0.15) is 5.82 Å².